The zero-order valence-corrected chi connectivity index (χ0v) is 15.3. The number of nitrogens with zero attached hydrogens (tertiary/aromatic N) is 4. The summed E-state index contributed by atoms with van der Waals surface area (Å²) in [5.74, 6) is -4.23. The number of halogens is 4. The van der Waals surface area contributed by atoms with E-state index in [0.29, 0.717) is 11.4 Å². The molecule has 29 heavy (non-hydrogen) atoms. The summed E-state index contributed by atoms with van der Waals surface area (Å²) in [6.45, 7) is -1.56. The van der Waals surface area contributed by atoms with E-state index in [1.807, 2.05) is 36.4 Å². The molecule has 3 rings (SSSR count). The van der Waals surface area contributed by atoms with Crippen LogP contribution in [0, 0.1) is 0 Å². The summed E-state index contributed by atoms with van der Waals surface area (Å²) in [4.78, 5) is 13.8. The van der Waals surface area contributed by atoms with Crippen LogP contribution in [0.25, 0.3) is 0 Å². The van der Waals surface area contributed by atoms with Crippen LogP contribution in [-0.4, -0.2) is 41.0 Å². The lowest BCUT2D eigenvalue weighted by Gasteiger charge is -2.23. The van der Waals surface area contributed by atoms with Crippen LogP contribution in [0.3, 0.4) is 0 Å². The lowest BCUT2D eigenvalue weighted by atomic mass is 10.2. The predicted octanol–water partition coefficient (Wildman–Crippen LogP) is 4.66. The molecule has 1 aromatic heterocycles. The molecule has 0 bridgehead atoms. The molecule has 3 aromatic rings. The molecule has 1 heterocycles. The van der Waals surface area contributed by atoms with Gasteiger partial charge >= 0.3 is 18.4 Å². The van der Waals surface area contributed by atoms with Crippen molar-refractivity contribution in [3.8, 4) is 6.01 Å². The van der Waals surface area contributed by atoms with Gasteiger partial charge in [-0.2, -0.15) is 23.7 Å². The fraction of sp³-hybridized carbons (Fsp3) is 0.211. The molecule has 0 fully saturated rings. The standard InChI is InChI=1S/C19H17F4N5O/c1-24-16-25-17(27-18(26-16)29-12-19(22,23)15(20)21)28(13-8-4-2-5-9-13)14-10-6-3-7-11-14/h2-11,15H,12H2,1H3,(H,24,25,26,27). The van der Waals surface area contributed by atoms with Crippen molar-refractivity contribution in [2.45, 2.75) is 12.3 Å². The van der Waals surface area contributed by atoms with Gasteiger partial charge in [-0.25, -0.2) is 8.78 Å². The second-order valence-corrected chi connectivity index (χ2v) is 5.85. The number of para-hydroxylation sites is 2. The van der Waals surface area contributed by atoms with Crippen molar-refractivity contribution in [2.75, 3.05) is 23.9 Å². The van der Waals surface area contributed by atoms with Gasteiger partial charge in [-0.3, -0.25) is 4.90 Å². The Morgan fingerprint density at radius 3 is 1.97 bits per heavy atom. The van der Waals surface area contributed by atoms with Crippen LogP contribution in [0.15, 0.2) is 60.7 Å². The van der Waals surface area contributed by atoms with Crippen molar-refractivity contribution in [1.82, 2.24) is 15.0 Å². The lowest BCUT2D eigenvalue weighted by Crippen LogP contribution is -2.34. The third-order valence-electron chi connectivity index (χ3n) is 3.77. The number of alkyl halides is 4. The number of nitrogens with one attached hydrogen (secondary N) is 1. The number of aromatic nitrogens is 3. The van der Waals surface area contributed by atoms with Gasteiger partial charge in [0.2, 0.25) is 11.9 Å². The molecule has 0 spiro atoms. The Morgan fingerprint density at radius 2 is 1.48 bits per heavy atom. The highest BCUT2D eigenvalue weighted by molar-refractivity contribution is 5.72. The summed E-state index contributed by atoms with van der Waals surface area (Å²) >= 11 is 0. The van der Waals surface area contributed by atoms with Crippen LogP contribution < -0.4 is 15.0 Å². The van der Waals surface area contributed by atoms with Gasteiger partial charge in [0.15, 0.2) is 6.61 Å². The van der Waals surface area contributed by atoms with Crippen LogP contribution >= 0.6 is 0 Å². The Balaban J connectivity index is 2.02. The smallest absolute Gasteiger partial charge is 0.340 e. The van der Waals surface area contributed by atoms with Crippen molar-refractivity contribution in [3.63, 3.8) is 0 Å². The predicted molar refractivity (Wildman–Crippen MR) is 101 cm³/mol. The van der Waals surface area contributed by atoms with Gasteiger partial charge in [0.1, 0.15) is 0 Å². The molecule has 1 N–H and O–H groups in total. The fourth-order valence-corrected chi connectivity index (χ4v) is 2.38. The minimum atomic E-state index is -4.33. The van der Waals surface area contributed by atoms with Gasteiger partial charge in [0.25, 0.3) is 0 Å². The van der Waals surface area contributed by atoms with Crippen LogP contribution in [0.2, 0.25) is 0 Å². The molecular formula is C19H17F4N5O. The highest BCUT2D eigenvalue weighted by Gasteiger charge is 2.42. The van der Waals surface area contributed by atoms with Crippen molar-refractivity contribution >= 4 is 23.3 Å². The van der Waals surface area contributed by atoms with E-state index in [-0.39, 0.29) is 11.9 Å². The Kier molecular flexibility index (Phi) is 6.10. The molecule has 0 saturated heterocycles. The SMILES string of the molecule is CNc1nc(OCC(F)(F)C(F)F)nc(N(c2ccccc2)c2ccccc2)n1. The summed E-state index contributed by atoms with van der Waals surface area (Å²) in [5, 5.41) is 2.68. The summed E-state index contributed by atoms with van der Waals surface area (Å²) in [6, 6.07) is 17.6. The van der Waals surface area contributed by atoms with Crippen molar-refractivity contribution in [2.24, 2.45) is 0 Å². The minimum Gasteiger partial charge on any atom is -0.457 e. The van der Waals surface area contributed by atoms with Gasteiger partial charge in [0.05, 0.1) is 0 Å². The minimum absolute atomic E-state index is 0.0298. The second-order valence-electron chi connectivity index (χ2n) is 5.85. The third-order valence-corrected chi connectivity index (χ3v) is 3.77. The molecule has 0 aliphatic heterocycles. The maximum atomic E-state index is 13.2. The average molecular weight is 407 g/mol. The van der Waals surface area contributed by atoms with E-state index in [9.17, 15) is 17.6 Å². The number of anilines is 4. The first-order valence-electron chi connectivity index (χ1n) is 8.53. The Labute approximate surface area is 164 Å². The number of hydrogen-bond donors (Lipinski definition) is 1. The molecule has 0 unspecified atom stereocenters. The van der Waals surface area contributed by atoms with Crippen LogP contribution in [0.1, 0.15) is 0 Å². The largest absolute Gasteiger partial charge is 0.457 e. The summed E-state index contributed by atoms with van der Waals surface area (Å²) in [5.41, 5.74) is 1.38. The molecule has 152 valence electrons. The van der Waals surface area contributed by atoms with Crippen molar-refractivity contribution in [3.05, 3.63) is 60.7 Å². The van der Waals surface area contributed by atoms with E-state index in [4.69, 9.17) is 4.74 Å². The topological polar surface area (TPSA) is 63.2 Å². The quantitative estimate of drug-likeness (QED) is 0.548. The van der Waals surface area contributed by atoms with Gasteiger partial charge in [-0.05, 0) is 24.3 Å². The highest BCUT2D eigenvalue weighted by Crippen LogP contribution is 2.33. The normalized spacial score (nSPS) is 11.4. The number of benzene rings is 2. The molecule has 2 aromatic carbocycles. The van der Waals surface area contributed by atoms with Gasteiger partial charge in [0, 0.05) is 18.4 Å². The molecule has 0 aliphatic carbocycles. The Bertz CT molecular complexity index is 889. The Hall–Kier alpha value is -3.43. The summed E-state index contributed by atoms with van der Waals surface area (Å²) < 4.78 is 56.1. The van der Waals surface area contributed by atoms with Crippen LogP contribution in [-0.2, 0) is 0 Å². The Morgan fingerprint density at radius 1 is 0.931 bits per heavy atom. The van der Waals surface area contributed by atoms with E-state index in [1.165, 1.54) is 7.05 Å². The first-order chi connectivity index (χ1) is 13.9. The van der Waals surface area contributed by atoms with Gasteiger partial charge in [-0.1, -0.05) is 36.4 Å². The summed E-state index contributed by atoms with van der Waals surface area (Å²) in [6.07, 6.45) is -3.86. The molecule has 10 heteroatoms. The lowest BCUT2D eigenvalue weighted by molar-refractivity contribution is -0.149. The van der Waals surface area contributed by atoms with E-state index in [2.05, 4.69) is 20.3 Å². The molecule has 0 saturated carbocycles. The summed E-state index contributed by atoms with van der Waals surface area (Å²) in [7, 11) is 1.52. The van der Waals surface area contributed by atoms with Gasteiger partial charge < -0.3 is 10.1 Å². The first-order valence-corrected chi connectivity index (χ1v) is 8.53. The average Bonchev–Trinajstić information content (AvgIpc) is 2.74. The van der Waals surface area contributed by atoms with Gasteiger partial charge in [-0.15, -0.1) is 0 Å². The number of ether oxygens (including phenoxy) is 1. The zero-order chi connectivity index (χ0) is 20.9. The maximum Gasteiger partial charge on any atom is 0.340 e. The second kappa shape index (κ2) is 8.72. The zero-order valence-electron chi connectivity index (χ0n) is 15.3. The molecule has 6 nitrogen and oxygen atoms in total. The van der Waals surface area contributed by atoms with E-state index in [1.54, 1.807) is 29.2 Å². The maximum absolute atomic E-state index is 13.2. The molecule has 0 radical (unpaired) electrons. The van der Waals surface area contributed by atoms with Crippen LogP contribution in [0.4, 0.5) is 40.8 Å². The van der Waals surface area contributed by atoms with Crippen LogP contribution in [0.5, 0.6) is 6.01 Å². The number of rotatable bonds is 8. The third kappa shape index (κ3) is 4.89. The van der Waals surface area contributed by atoms with E-state index in [0.717, 1.165) is 0 Å². The molecule has 0 amide bonds. The number of hydrogen-bond acceptors (Lipinski definition) is 6. The molecular weight excluding hydrogens is 390 g/mol. The highest BCUT2D eigenvalue weighted by atomic mass is 19.3. The van der Waals surface area contributed by atoms with E-state index >= 15 is 0 Å². The molecule has 0 aliphatic rings. The molecule has 0 atom stereocenters. The van der Waals surface area contributed by atoms with Crippen molar-refractivity contribution in [1.29, 1.82) is 0 Å². The fourth-order valence-electron chi connectivity index (χ4n) is 2.38. The first kappa shape index (κ1) is 20.3. The monoisotopic (exact) mass is 407 g/mol. The van der Waals surface area contributed by atoms with E-state index < -0.39 is 25.0 Å². The van der Waals surface area contributed by atoms with Crippen molar-refractivity contribution < 1.29 is 22.3 Å².